The van der Waals surface area contributed by atoms with E-state index < -0.39 is 60.5 Å². The number of aliphatic hydroxyl groups excluding tert-OH is 2. The molecule has 29 heavy (non-hydrogen) atoms. The van der Waals surface area contributed by atoms with Crippen LogP contribution in [0.4, 0.5) is 0 Å². The summed E-state index contributed by atoms with van der Waals surface area (Å²) in [6.07, 6.45) is -0.966. The molecule has 0 aromatic rings. The van der Waals surface area contributed by atoms with Crippen molar-refractivity contribution < 1.29 is 29.4 Å². The molecule has 0 unspecified atom stereocenters. The molecule has 0 fully saturated rings. The van der Waals surface area contributed by atoms with Gasteiger partial charge in [-0.2, -0.15) is 0 Å². The average molecular weight is 418 g/mol. The first kappa shape index (κ1) is 26.8. The topological polar surface area (TPSA) is 197 Å². The minimum absolute atomic E-state index is 0.0135. The van der Waals surface area contributed by atoms with Crippen LogP contribution in [-0.4, -0.2) is 70.7 Å². The number of carbonyl (C=O) groups is 4. The van der Waals surface area contributed by atoms with Crippen LogP contribution in [0.5, 0.6) is 0 Å². The highest BCUT2D eigenvalue weighted by Gasteiger charge is 2.32. The van der Waals surface area contributed by atoms with E-state index in [0.29, 0.717) is 0 Å². The van der Waals surface area contributed by atoms with Crippen molar-refractivity contribution in [3.8, 4) is 0 Å². The van der Waals surface area contributed by atoms with Gasteiger partial charge < -0.3 is 37.6 Å². The van der Waals surface area contributed by atoms with E-state index in [1.165, 1.54) is 6.92 Å². The Morgan fingerprint density at radius 2 is 1.38 bits per heavy atom. The Hall–Kier alpha value is -2.24. The fourth-order valence-corrected chi connectivity index (χ4v) is 2.53. The second kappa shape index (κ2) is 12.3. The van der Waals surface area contributed by atoms with E-state index in [1.807, 2.05) is 13.8 Å². The van der Waals surface area contributed by atoms with Gasteiger partial charge in [0.15, 0.2) is 0 Å². The van der Waals surface area contributed by atoms with Crippen LogP contribution < -0.4 is 27.4 Å². The molecule has 0 aliphatic heterocycles. The molecule has 0 aliphatic carbocycles. The van der Waals surface area contributed by atoms with Crippen molar-refractivity contribution in [1.29, 1.82) is 0 Å². The summed E-state index contributed by atoms with van der Waals surface area (Å²) < 4.78 is 0. The van der Waals surface area contributed by atoms with Gasteiger partial charge in [-0.15, -0.1) is 0 Å². The van der Waals surface area contributed by atoms with E-state index in [2.05, 4.69) is 16.0 Å². The van der Waals surface area contributed by atoms with Crippen molar-refractivity contribution in [3.63, 3.8) is 0 Å². The van der Waals surface area contributed by atoms with Gasteiger partial charge in [0.05, 0.1) is 12.7 Å². The van der Waals surface area contributed by atoms with Crippen LogP contribution >= 0.6 is 0 Å². The average Bonchev–Trinajstić information content (AvgIpc) is 2.60. The van der Waals surface area contributed by atoms with Crippen LogP contribution in [0.2, 0.25) is 0 Å². The molecule has 0 radical (unpaired) electrons. The number of primary amides is 1. The third-order valence-electron chi connectivity index (χ3n) is 4.21. The maximum absolute atomic E-state index is 12.7. The number of rotatable bonds is 12. The molecule has 0 heterocycles. The monoisotopic (exact) mass is 417 g/mol. The molecule has 0 saturated heterocycles. The third kappa shape index (κ3) is 9.20. The molecular formula is C18H35N5O6. The van der Waals surface area contributed by atoms with E-state index in [4.69, 9.17) is 16.6 Å². The summed E-state index contributed by atoms with van der Waals surface area (Å²) in [5, 5.41) is 26.0. The van der Waals surface area contributed by atoms with E-state index in [9.17, 15) is 24.3 Å². The predicted octanol–water partition coefficient (Wildman–Crippen LogP) is -2.67. The number of carbonyl (C=O) groups excluding carboxylic acids is 4. The number of hydrogen-bond acceptors (Lipinski definition) is 7. The standard InChI is InChI=1S/C18H35N5O6/c1-8(2)6-12(17(28)23-14(10(5)25)15(20)26)21-18(29)13(9(3)4)22-16(27)11(19)7-24/h8-14,24-25H,6-7,19H2,1-5H3,(H2,20,26)(H,21,29)(H,22,27)(H,23,28)/t10-,11+,12+,13+,14+/m1/s1. The van der Waals surface area contributed by atoms with Crippen molar-refractivity contribution in [3.05, 3.63) is 0 Å². The molecule has 11 nitrogen and oxygen atoms in total. The quantitative estimate of drug-likeness (QED) is 0.180. The van der Waals surface area contributed by atoms with Crippen molar-refractivity contribution in [2.24, 2.45) is 23.3 Å². The van der Waals surface area contributed by atoms with E-state index in [-0.39, 0.29) is 18.3 Å². The van der Waals surface area contributed by atoms with Crippen molar-refractivity contribution in [2.75, 3.05) is 6.61 Å². The van der Waals surface area contributed by atoms with Crippen LogP contribution in [0.25, 0.3) is 0 Å². The highest BCUT2D eigenvalue weighted by molar-refractivity contribution is 5.94. The van der Waals surface area contributed by atoms with Gasteiger partial charge in [-0.05, 0) is 25.2 Å². The minimum Gasteiger partial charge on any atom is -0.394 e. The fraction of sp³-hybridized carbons (Fsp3) is 0.778. The summed E-state index contributed by atoms with van der Waals surface area (Å²) in [7, 11) is 0. The van der Waals surface area contributed by atoms with Gasteiger partial charge in [0.2, 0.25) is 23.6 Å². The first-order chi connectivity index (χ1) is 13.3. The second-order valence-electron chi connectivity index (χ2n) is 7.84. The Morgan fingerprint density at radius 1 is 0.862 bits per heavy atom. The molecule has 0 rings (SSSR count). The Labute approximate surface area is 171 Å². The second-order valence-corrected chi connectivity index (χ2v) is 7.84. The number of nitrogens with one attached hydrogen (secondary N) is 3. The molecule has 0 aromatic carbocycles. The van der Waals surface area contributed by atoms with Crippen LogP contribution in [0, 0.1) is 11.8 Å². The maximum atomic E-state index is 12.7. The van der Waals surface area contributed by atoms with Crippen LogP contribution in [0.1, 0.15) is 41.0 Å². The summed E-state index contributed by atoms with van der Waals surface area (Å²) >= 11 is 0. The Balaban J connectivity index is 5.40. The summed E-state index contributed by atoms with van der Waals surface area (Å²) in [5.74, 6) is -3.23. The van der Waals surface area contributed by atoms with Gasteiger partial charge in [0.25, 0.3) is 0 Å². The maximum Gasteiger partial charge on any atom is 0.243 e. The summed E-state index contributed by atoms with van der Waals surface area (Å²) in [6, 6.07) is -4.50. The predicted molar refractivity (Wildman–Crippen MR) is 106 cm³/mol. The molecule has 11 heteroatoms. The lowest BCUT2D eigenvalue weighted by Gasteiger charge is -2.28. The number of aliphatic hydroxyl groups is 2. The third-order valence-corrected chi connectivity index (χ3v) is 4.21. The molecule has 168 valence electrons. The Kier molecular flexibility index (Phi) is 11.4. The summed E-state index contributed by atoms with van der Waals surface area (Å²) in [4.78, 5) is 48.7. The highest BCUT2D eigenvalue weighted by atomic mass is 16.3. The van der Waals surface area contributed by atoms with Gasteiger partial charge >= 0.3 is 0 Å². The molecule has 0 aromatic heterocycles. The molecule has 0 bridgehead atoms. The largest absolute Gasteiger partial charge is 0.394 e. The van der Waals surface area contributed by atoms with Gasteiger partial charge in [-0.1, -0.05) is 27.7 Å². The van der Waals surface area contributed by atoms with E-state index >= 15 is 0 Å². The van der Waals surface area contributed by atoms with Crippen LogP contribution in [0.3, 0.4) is 0 Å². The molecule has 0 saturated carbocycles. The zero-order chi connectivity index (χ0) is 22.9. The number of nitrogens with two attached hydrogens (primary N) is 2. The zero-order valence-corrected chi connectivity index (χ0v) is 17.6. The van der Waals surface area contributed by atoms with Crippen molar-refractivity contribution >= 4 is 23.6 Å². The number of amides is 4. The van der Waals surface area contributed by atoms with Crippen LogP contribution in [-0.2, 0) is 19.2 Å². The molecular weight excluding hydrogens is 382 g/mol. The SMILES string of the molecule is CC(C)C[C@H](NC(=O)[C@@H](NC(=O)[C@@H](N)CO)C(C)C)C(=O)N[C@H](C(N)=O)[C@@H](C)O. The normalized spacial score (nSPS) is 16.5. The number of hydrogen-bond donors (Lipinski definition) is 7. The fourth-order valence-electron chi connectivity index (χ4n) is 2.53. The smallest absolute Gasteiger partial charge is 0.243 e. The summed E-state index contributed by atoms with van der Waals surface area (Å²) in [6.45, 7) is 7.81. The molecule has 0 spiro atoms. The lowest BCUT2D eigenvalue weighted by molar-refractivity contribution is -0.135. The lowest BCUT2D eigenvalue weighted by Crippen LogP contribution is -2.60. The van der Waals surface area contributed by atoms with Gasteiger partial charge in [0, 0.05) is 0 Å². The zero-order valence-electron chi connectivity index (χ0n) is 17.6. The Bertz CT molecular complexity index is 581. The molecule has 4 amide bonds. The Morgan fingerprint density at radius 3 is 1.76 bits per heavy atom. The first-order valence-corrected chi connectivity index (χ1v) is 9.56. The van der Waals surface area contributed by atoms with Gasteiger partial charge in [0.1, 0.15) is 24.2 Å². The highest BCUT2D eigenvalue weighted by Crippen LogP contribution is 2.09. The van der Waals surface area contributed by atoms with Crippen molar-refractivity contribution in [1.82, 2.24) is 16.0 Å². The first-order valence-electron chi connectivity index (χ1n) is 9.56. The van der Waals surface area contributed by atoms with E-state index in [0.717, 1.165) is 0 Å². The minimum atomic E-state index is -1.31. The van der Waals surface area contributed by atoms with Crippen molar-refractivity contribution in [2.45, 2.75) is 71.3 Å². The van der Waals surface area contributed by atoms with E-state index in [1.54, 1.807) is 13.8 Å². The molecule has 0 aliphatic rings. The van der Waals surface area contributed by atoms with Crippen LogP contribution in [0.15, 0.2) is 0 Å². The lowest BCUT2D eigenvalue weighted by atomic mass is 9.99. The molecule has 9 N–H and O–H groups in total. The van der Waals surface area contributed by atoms with Gasteiger partial charge in [-0.3, -0.25) is 19.2 Å². The van der Waals surface area contributed by atoms with Gasteiger partial charge in [-0.25, -0.2) is 0 Å². The molecule has 5 atom stereocenters. The summed E-state index contributed by atoms with van der Waals surface area (Å²) in [5.41, 5.74) is 10.7.